The van der Waals surface area contributed by atoms with E-state index in [9.17, 15) is 19.2 Å². The first kappa shape index (κ1) is 24.2. The molecule has 7 nitrogen and oxygen atoms in total. The summed E-state index contributed by atoms with van der Waals surface area (Å²) >= 11 is 2.24. The van der Waals surface area contributed by atoms with Crippen molar-refractivity contribution in [1.29, 1.82) is 5.26 Å². The molecule has 0 radical (unpaired) electrons. The third-order valence-electron chi connectivity index (χ3n) is 6.06. The number of carbonyl (C=O) groups excluding carboxylic acids is 1. The molecule has 0 spiro atoms. The minimum Gasteiger partial charge on any atom is -0.366 e. The van der Waals surface area contributed by atoms with E-state index in [-0.39, 0.29) is 22.8 Å². The van der Waals surface area contributed by atoms with Crippen LogP contribution >= 0.6 is 22.6 Å². The number of hydrogen-bond donors (Lipinski definition) is 0. The lowest BCUT2D eigenvalue weighted by Gasteiger charge is -2.37. The van der Waals surface area contributed by atoms with Gasteiger partial charge >= 0.3 is 0 Å². The van der Waals surface area contributed by atoms with Crippen LogP contribution in [0.25, 0.3) is 10.9 Å². The molecule has 4 rings (SSSR count). The molecule has 0 bridgehead atoms. The molecule has 34 heavy (non-hydrogen) atoms. The largest absolute Gasteiger partial charge is 0.366 e. The Morgan fingerprint density at radius 3 is 2.41 bits per heavy atom. The van der Waals surface area contributed by atoms with Gasteiger partial charge in [-0.3, -0.25) is 9.59 Å². The molecule has 2 aromatic carbocycles. The van der Waals surface area contributed by atoms with Crippen molar-refractivity contribution in [3.63, 3.8) is 0 Å². The lowest BCUT2D eigenvalue weighted by Crippen LogP contribution is -2.49. The molecular weight excluding hydrogens is 548 g/mol. The Morgan fingerprint density at radius 2 is 1.79 bits per heavy atom. The van der Waals surface area contributed by atoms with Gasteiger partial charge in [0.25, 0.3) is 11.5 Å². The summed E-state index contributed by atoms with van der Waals surface area (Å²) in [5.41, 5.74) is 1.71. The van der Waals surface area contributed by atoms with Crippen molar-refractivity contribution in [1.82, 2.24) is 14.4 Å². The maximum Gasteiger partial charge on any atom is 0.271 e. The first-order valence-corrected chi connectivity index (χ1v) is 12.1. The van der Waals surface area contributed by atoms with Gasteiger partial charge in [0.05, 0.1) is 11.2 Å². The van der Waals surface area contributed by atoms with E-state index in [1.165, 1.54) is 24.3 Å². The van der Waals surface area contributed by atoms with Crippen molar-refractivity contribution in [3.05, 3.63) is 73.3 Å². The Kier molecular flexibility index (Phi) is 7.19. The molecule has 1 fully saturated rings. The summed E-state index contributed by atoms with van der Waals surface area (Å²) in [6.45, 7) is 3.02. The molecular formula is C25H25FIN5O2. The number of halogens is 2. The highest BCUT2D eigenvalue weighted by molar-refractivity contribution is 14.1. The number of nitriles is 1. The number of rotatable bonds is 5. The van der Waals surface area contributed by atoms with E-state index in [1.54, 1.807) is 9.47 Å². The van der Waals surface area contributed by atoms with Crippen LogP contribution in [0.1, 0.15) is 15.9 Å². The van der Waals surface area contributed by atoms with E-state index in [2.05, 4.69) is 28.7 Å². The quantitative estimate of drug-likeness (QED) is 0.439. The lowest BCUT2D eigenvalue weighted by molar-refractivity contribution is 0.0747. The molecule has 0 N–H and O–H groups in total. The number of piperazine rings is 1. The zero-order valence-corrected chi connectivity index (χ0v) is 21.3. The van der Waals surface area contributed by atoms with Crippen molar-refractivity contribution < 1.29 is 9.18 Å². The maximum atomic E-state index is 13.4. The van der Waals surface area contributed by atoms with E-state index in [0.717, 1.165) is 14.5 Å². The van der Waals surface area contributed by atoms with Crippen molar-refractivity contribution >= 4 is 45.1 Å². The van der Waals surface area contributed by atoms with Crippen molar-refractivity contribution in [2.75, 3.05) is 51.7 Å². The number of carbonyl (C=O) groups is 1. The van der Waals surface area contributed by atoms with E-state index in [0.29, 0.717) is 50.5 Å². The highest BCUT2D eigenvalue weighted by Crippen LogP contribution is 2.31. The number of anilines is 1. The van der Waals surface area contributed by atoms with Gasteiger partial charge in [-0.25, -0.2) is 4.39 Å². The first-order chi connectivity index (χ1) is 16.3. The number of amides is 1. The van der Waals surface area contributed by atoms with Crippen LogP contribution in [0.3, 0.4) is 0 Å². The molecule has 0 atom stereocenters. The molecule has 1 saturated heterocycles. The normalized spacial score (nSPS) is 14.0. The topological polar surface area (TPSA) is 72.6 Å². The minimum atomic E-state index is -0.382. The van der Waals surface area contributed by atoms with Gasteiger partial charge < -0.3 is 19.3 Å². The summed E-state index contributed by atoms with van der Waals surface area (Å²) in [6, 6.07) is 13.6. The number of fused-ring (bicyclic) bond motifs is 1. The molecule has 3 aromatic rings. The molecule has 0 aliphatic carbocycles. The van der Waals surface area contributed by atoms with Gasteiger partial charge in [-0.1, -0.05) is 0 Å². The highest BCUT2D eigenvalue weighted by atomic mass is 127. The SMILES string of the molecule is CN(C)CCn1c(=O)c(C#N)c(N2CCN(C(=O)c3ccc(F)cc3)CC2)c2cc(I)ccc21. The average Bonchev–Trinajstić information content (AvgIpc) is 2.83. The fourth-order valence-corrected chi connectivity index (χ4v) is 4.76. The highest BCUT2D eigenvalue weighted by Gasteiger charge is 2.27. The Hall–Kier alpha value is -2.97. The van der Waals surface area contributed by atoms with Gasteiger partial charge in [-0.05, 0) is 79.2 Å². The monoisotopic (exact) mass is 573 g/mol. The Labute approximate surface area is 211 Å². The molecule has 0 unspecified atom stereocenters. The summed E-state index contributed by atoms with van der Waals surface area (Å²) in [6.07, 6.45) is 0. The van der Waals surface area contributed by atoms with Crippen molar-refractivity contribution in [3.8, 4) is 6.07 Å². The number of likely N-dealkylation sites (N-methyl/N-ethyl adjacent to an activating group) is 1. The fourth-order valence-electron chi connectivity index (χ4n) is 4.27. The van der Waals surface area contributed by atoms with Crippen LogP contribution in [-0.4, -0.2) is 67.1 Å². The van der Waals surface area contributed by atoms with Crippen LogP contribution in [-0.2, 0) is 6.54 Å². The second-order valence-electron chi connectivity index (χ2n) is 8.54. The molecule has 1 aliphatic rings. The molecule has 1 amide bonds. The summed E-state index contributed by atoms with van der Waals surface area (Å²) in [7, 11) is 3.89. The molecule has 1 aromatic heterocycles. The minimum absolute atomic E-state index is 0.131. The third kappa shape index (κ3) is 4.79. The summed E-state index contributed by atoms with van der Waals surface area (Å²) < 4.78 is 15.9. The van der Waals surface area contributed by atoms with Crippen LogP contribution < -0.4 is 10.5 Å². The Balaban J connectivity index is 1.68. The molecule has 1 aliphatic heterocycles. The zero-order chi connectivity index (χ0) is 24.4. The Bertz CT molecular complexity index is 1320. The summed E-state index contributed by atoms with van der Waals surface area (Å²) in [5.74, 6) is -0.536. The fraction of sp³-hybridized carbons (Fsp3) is 0.320. The maximum absolute atomic E-state index is 13.4. The van der Waals surface area contributed by atoms with Gasteiger partial charge in [-0.15, -0.1) is 0 Å². The number of aromatic nitrogens is 1. The third-order valence-corrected chi connectivity index (χ3v) is 6.73. The van der Waals surface area contributed by atoms with Crippen molar-refractivity contribution in [2.24, 2.45) is 0 Å². The van der Waals surface area contributed by atoms with Gasteiger partial charge in [0.2, 0.25) is 0 Å². The predicted molar refractivity (Wildman–Crippen MR) is 139 cm³/mol. The second-order valence-corrected chi connectivity index (χ2v) is 9.79. The number of benzene rings is 2. The number of nitrogens with zero attached hydrogens (tertiary/aromatic N) is 5. The van der Waals surface area contributed by atoms with Crippen LogP contribution in [0.4, 0.5) is 10.1 Å². The molecule has 0 saturated carbocycles. The summed E-state index contributed by atoms with van der Waals surface area (Å²) in [5, 5.41) is 10.8. The molecule has 176 valence electrons. The van der Waals surface area contributed by atoms with Crippen LogP contribution in [0.15, 0.2) is 47.3 Å². The zero-order valence-electron chi connectivity index (χ0n) is 19.1. The standard InChI is InChI=1S/C25H25FIN5O2/c1-29(2)9-14-32-22-8-7-19(27)15-20(22)23(21(16-28)25(32)34)30-10-12-31(13-11-30)24(33)17-3-5-18(26)6-4-17/h3-8,15H,9-14H2,1-2H3. The predicted octanol–water partition coefficient (Wildman–Crippen LogP) is 3.14. The van der Waals surface area contributed by atoms with Gasteiger partial charge in [-0.2, -0.15) is 5.26 Å². The molecule has 2 heterocycles. The molecule has 9 heteroatoms. The van der Waals surface area contributed by atoms with Gasteiger partial charge in [0.1, 0.15) is 17.4 Å². The summed E-state index contributed by atoms with van der Waals surface area (Å²) in [4.78, 5) is 31.9. The van der Waals surface area contributed by atoms with E-state index < -0.39 is 0 Å². The Morgan fingerprint density at radius 1 is 1.12 bits per heavy atom. The van der Waals surface area contributed by atoms with Crippen molar-refractivity contribution in [2.45, 2.75) is 6.54 Å². The van der Waals surface area contributed by atoms with Crippen LogP contribution in [0.5, 0.6) is 0 Å². The van der Waals surface area contributed by atoms with Gasteiger partial charge in [0, 0.05) is 53.8 Å². The average molecular weight is 573 g/mol. The lowest BCUT2D eigenvalue weighted by atomic mass is 10.1. The smallest absolute Gasteiger partial charge is 0.271 e. The van der Waals surface area contributed by atoms with Crippen LogP contribution in [0, 0.1) is 20.7 Å². The van der Waals surface area contributed by atoms with E-state index in [4.69, 9.17) is 0 Å². The van der Waals surface area contributed by atoms with E-state index in [1.807, 2.05) is 42.1 Å². The second kappa shape index (κ2) is 10.1. The van der Waals surface area contributed by atoms with Gasteiger partial charge in [0.15, 0.2) is 0 Å². The first-order valence-electron chi connectivity index (χ1n) is 11.0. The van der Waals surface area contributed by atoms with Crippen LogP contribution in [0.2, 0.25) is 0 Å². The van der Waals surface area contributed by atoms with E-state index >= 15 is 0 Å². The number of pyridine rings is 1. The number of hydrogen-bond acceptors (Lipinski definition) is 5.